The Morgan fingerprint density at radius 3 is 2.46 bits per heavy atom. The molecule has 0 radical (unpaired) electrons. The Morgan fingerprint density at radius 1 is 1.35 bits per heavy atom. The first-order valence-electron chi connectivity index (χ1n) is 8.36. The summed E-state index contributed by atoms with van der Waals surface area (Å²) in [7, 11) is 0. The number of aliphatic imine (C=N–C) groups is 2. The summed E-state index contributed by atoms with van der Waals surface area (Å²) in [4.78, 5) is 8.24. The summed E-state index contributed by atoms with van der Waals surface area (Å²) in [5.41, 5.74) is -0.0577. The van der Waals surface area contributed by atoms with Gasteiger partial charge in [-0.2, -0.15) is 8.78 Å². The molecule has 0 spiro atoms. The molecule has 0 fully saturated rings. The maximum Gasteiger partial charge on any atom is 0.426 e. The van der Waals surface area contributed by atoms with Crippen molar-refractivity contribution in [2.75, 3.05) is 0 Å². The van der Waals surface area contributed by atoms with Gasteiger partial charge in [-0.05, 0) is 57.7 Å². The summed E-state index contributed by atoms with van der Waals surface area (Å²) in [6, 6.07) is 3.04. The van der Waals surface area contributed by atoms with Crippen molar-refractivity contribution >= 4 is 24.3 Å². The van der Waals surface area contributed by atoms with Gasteiger partial charge in [-0.15, -0.1) is 0 Å². The number of alkyl halides is 2. The number of allylic oxidation sites excluding steroid dienone is 2. The predicted octanol–water partition coefficient (Wildman–Crippen LogP) is 5.33. The number of benzene rings is 1. The van der Waals surface area contributed by atoms with E-state index >= 15 is 0 Å². The normalized spacial score (nSPS) is 13.1. The first-order chi connectivity index (χ1) is 12.1. The molecule has 0 aliphatic heterocycles. The first kappa shape index (κ1) is 21.7. The summed E-state index contributed by atoms with van der Waals surface area (Å²) >= 11 is 0. The third kappa shape index (κ3) is 4.85. The van der Waals surface area contributed by atoms with Gasteiger partial charge >= 0.3 is 6.11 Å². The SMILES string of the molecule is C=C/C=C(\N=C/C)c1ccc(OC(F)(F)C(C)(C)O)c(N=C)c1CCC. The summed E-state index contributed by atoms with van der Waals surface area (Å²) in [5, 5.41) is 9.67. The van der Waals surface area contributed by atoms with Crippen LogP contribution < -0.4 is 4.74 Å². The fraction of sp³-hybridized carbons (Fsp3) is 0.400. The fourth-order valence-electron chi connectivity index (χ4n) is 2.33. The van der Waals surface area contributed by atoms with Gasteiger partial charge in [-0.1, -0.05) is 26.0 Å². The van der Waals surface area contributed by atoms with Crippen LogP contribution in [0.25, 0.3) is 5.70 Å². The molecule has 0 bridgehead atoms. The zero-order chi connectivity index (χ0) is 20.0. The van der Waals surface area contributed by atoms with Crippen LogP contribution in [-0.2, 0) is 6.42 Å². The Balaban J connectivity index is 3.60. The number of hydrogen-bond donors (Lipinski definition) is 1. The third-order valence-electron chi connectivity index (χ3n) is 3.67. The molecule has 1 aromatic rings. The minimum absolute atomic E-state index is 0.141. The van der Waals surface area contributed by atoms with E-state index in [4.69, 9.17) is 4.74 Å². The minimum atomic E-state index is -3.79. The fourth-order valence-corrected chi connectivity index (χ4v) is 2.33. The Labute approximate surface area is 153 Å². The molecule has 0 heterocycles. The molecule has 142 valence electrons. The van der Waals surface area contributed by atoms with Crippen molar-refractivity contribution in [3.8, 4) is 5.75 Å². The molecule has 1 N–H and O–H groups in total. The molecule has 4 nitrogen and oxygen atoms in total. The highest BCUT2D eigenvalue weighted by Gasteiger charge is 2.49. The van der Waals surface area contributed by atoms with Gasteiger partial charge in [0.1, 0.15) is 5.69 Å². The lowest BCUT2D eigenvalue weighted by atomic mass is 9.97. The molecular formula is C20H26F2N2O2. The van der Waals surface area contributed by atoms with Crippen LogP contribution in [0.4, 0.5) is 14.5 Å². The summed E-state index contributed by atoms with van der Waals surface area (Å²) in [5.74, 6) is -0.141. The zero-order valence-electron chi connectivity index (χ0n) is 15.7. The molecule has 0 aliphatic carbocycles. The molecular weight excluding hydrogens is 338 g/mol. The largest absolute Gasteiger partial charge is 0.428 e. The van der Waals surface area contributed by atoms with Gasteiger partial charge in [0, 0.05) is 11.8 Å². The number of nitrogens with zero attached hydrogens (tertiary/aromatic N) is 2. The number of halogens is 2. The van der Waals surface area contributed by atoms with Crippen molar-refractivity contribution in [3.63, 3.8) is 0 Å². The Morgan fingerprint density at radius 2 is 2.00 bits per heavy atom. The van der Waals surface area contributed by atoms with Crippen LogP contribution in [0.1, 0.15) is 45.2 Å². The number of rotatable bonds is 9. The standard InChI is InChI=1S/C20H26F2N2O2/c1-7-10-15-14(16(11-8-2)24-9-3)12-13-17(18(15)23-6)26-20(21,22)19(4,5)25/h8-9,11-13,25H,2,6-7,10H2,1,3-5H3/b16-11-,24-9-. The van der Waals surface area contributed by atoms with Crippen LogP contribution in [0.15, 0.2) is 40.8 Å². The highest BCUT2D eigenvalue weighted by molar-refractivity contribution is 5.80. The number of aliphatic hydroxyl groups is 1. The van der Waals surface area contributed by atoms with Gasteiger partial charge in [-0.3, -0.25) is 9.98 Å². The van der Waals surface area contributed by atoms with Gasteiger partial charge in [-0.25, -0.2) is 0 Å². The molecule has 0 atom stereocenters. The molecule has 0 amide bonds. The summed E-state index contributed by atoms with van der Waals surface area (Å²) < 4.78 is 33.2. The zero-order valence-corrected chi connectivity index (χ0v) is 15.7. The topological polar surface area (TPSA) is 54.2 Å². The van der Waals surface area contributed by atoms with E-state index in [1.54, 1.807) is 31.4 Å². The molecule has 0 aromatic heterocycles. The van der Waals surface area contributed by atoms with Crippen LogP contribution in [-0.4, -0.2) is 29.7 Å². The third-order valence-corrected chi connectivity index (χ3v) is 3.67. The molecule has 1 aromatic carbocycles. The van der Waals surface area contributed by atoms with Crippen molar-refractivity contribution in [1.29, 1.82) is 0 Å². The first-order valence-corrected chi connectivity index (χ1v) is 8.36. The van der Waals surface area contributed by atoms with Gasteiger partial charge in [0.05, 0.1) is 5.70 Å². The van der Waals surface area contributed by atoms with Crippen LogP contribution in [0.5, 0.6) is 5.75 Å². The van der Waals surface area contributed by atoms with E-state index in [1.165, 1.54) is 6.07 Å². The van der Waals surface area contributed by atoms with Gasteiger partial charge < -0.3 is 9.84 Å². The second-order valence-corrected chi connectivity index (χ2v) is 6.20. The monoisotopic (exact) mass is 364 g/mol. The van der Waals surface area contributed by atoms with Gasteiger partial charge in [0.25, 0.3) is 0 Å². The van der Waals surface area contributed by atoms with E-state index in [-0.39, 0.29) is 11.4 Å². The van der Waals surface area contributed by atoms with Gasteiger partial charge in [0.2, 0.25) is 0 Å². The number of ether oxygens (including phenoxy) is 1. The molecule has 0 unspecified atom stereocenters. The lowest BCUT2D eigenvalue weighted by Crippen LogP contribution is -2.47. The maximum atomic E-state index is 14.2. The summed E-state index contributed by atoms with van der Waals surface area (Å²) in [6.07, 6.45) is 2.51. The Kier molecular flexibility index (Phi) is 7.39. The molecule has 1 rings (SSSR count). The Hall–Kier alpha value is -2.34. The quantitative estimate of drug-likeness (QED) is 0.475. The van der Waals surface area contributed by atoms with E-state index in [1.807, 2.05) is 6.92 Å². The van der Waals surface area contributed by atoms with E-state index in [2.05, 4.69) is 23.3 Å². The molecule has 6 heteroatoms. The van der Waals surface area contributed by atoms with Crippen molar-refractivity contribution < 1.29 is 18.6 Å². The van der Waals surface area contributed by atoms with Crippen molar-refractivity contribution in [3.05, 3.63) is 42.0 Å². The van der Waals surface area contributed by atoms with Crippen molar-refractivity contribution in [2.45, 2.75) is 52.2 Å². The average Bonchev–Trinajstić information content (AvgIpc) is 2.54. The second kappa shape index (κ2) is 8.85. The second-order valence-electron chi connectivity index (χ2n) is 6.20. The molecule has 0 aliphatic rings. The highest BCUT2D eigenvalue weighted by Crippen LogP contribution is 2.41. The number of hydrogen-bond acceptors (Lipinski definition) is 4. The van der Waals surface area contributed by atoms with Crippen molar-refractivity contribution in [2.24, 2.45) is 9.98 Å². The van der Waals surface area contributed by atoms with Crippen LogP contribution >= 0.6 is 0 Å². The van der Waals surface area contributed by atoms with Crippen LogP contribution in [0.3, 0.4) is 0 Å². The molecule has 0 saturated heterocycles. The maximum absolute atomic E-state index is 14.2. The lowest BCUT2D eigenvalue weighted by molar-refractivity contribution is -0.276. The lowest BCUT2D eigenvalue weighted by Gasteiger charge is -2.29. The summed E-state index contributed by atoms with van der Waals surface area (Å²) in [6.45, 7) is 12.9. The van der Waals surface area contributed by atoms with E-state index < -0.39 is 11.7 Å². The molecule has 0 saturated carbocycles. The van der Waals surface area contributed by atoms with E-state index in [9.17, 15) is 13.9 Å². The smallest absolute Gasteiger partial charge is 0.426 e. The average molecular weight is 364 g/mol. The highest BCUT2D eigenvalue weighted by atomic mass is 19.3. The van der Waals surface area contributed by atoms with E-state index in [0.29, 0.717) is 17.7 Å². The predicted molar refractivity (Wildman–Crippen MR) is 104 cm³/mol. The van der Waals surface area contributed by atoms with Crippen LogP contribution in [0.2, 0.25) is 0 Å². The molecule has 26 heavy (non-hydrogen) atoms. The Bertz CT molecular complexity index is 717. The van der Waals surface area contributed by atoms with Crippen LogP contribution in [0, 0.1) is 0 Å². The van der Waals surface area contributed by atoms with Crippen molar-refractivity contribution in [1.82, 2.24) is 0 Å². The minimum Gasteiger partial charge on any atom is -0.428 e. The van der Waals surface area contributed by atoms with Gasteiger partial charge in [0.15, 0.2) is 11.4 Å². The van der Waals surface area contributed by atoms with E-state index in [0.717, 1.165) is 25.8 Å².